The van der Waals surface area contributed by atoms with Gasteiger partial charge in [-0.05, 0) is 37.8 Å². The van der Waals surface area contributed by atoms with E-state index < -0.39 is 0 Å². The van der Waals surface area contributed by atoms with E-state index in [9.17, 15) is 4.79 Å². The van der Waals surface area contributed by atoms with Crippen molar-refractivity contribution >= 4 is 28.8 Å². The van der Waals surface area contributed by atoms with Gasteiger partial charge in [0, 0.05) is 32.2 Å². The maximum atomic E-state index is 12.7. The standard InChI is InChI=1S/C16H23ClN2O2S/c17-15-5-4-14(22-15)16(20)19-7-2-1-3-13(19)6-8-18-9-11-21-12-10-18/h4-5,13H,1-3,6-12H2/t13-/m1/s1. The first-order chi connectivity index (χ1) is 10.7. The van der Waals surface area contributed by atoms with E-state index in [2.05, 4.69) is 9.80 Å². The minimum atomic E-state index is 0.156. The number of rotatable bonds is 4. The number of amides is 1. The average Bonchev–Trinajstić information content (AvgIpc) is 3.00. The Morgan fingerprint density at radius 1 is 1.27 bits per heavy atom. The third-order valence-electron chi connectivity index (χ3n) is 4.55. The van der Waals surface area contributed by atoms with Gasteiger partial charge in [-0.15, -0.1) is 11.3 Å². The SMILES string of the molecule is O=C(c1ccc(Cl)s1)N1CCCC[C@@H]1CCN1CCOCC1. The van der Waals surface area contributed by atoms with Gasteiger partial charge in [0.1, 0.15) is 0 Å². The Kier molecular flexibility index (Phi) is 5.74. The van der Waals surface area contributed by atoms with Crippen LogP contribution in [0.3, 0.4) is 0 Å². The summed E-state index contributed by atoms with van der Waals surface area (Å²) >= 11 is 7.36. The highest BCUT2D eigenvalue weighted by Crippen LogP contribution is 2.27. The smallest absolute Gasteiger partial charge is 0.264 e. The lowest BCUT2D eigenvalue weighted by Crippen LogP contribution is -2.46. The molecule has 2 aliphatic heterocycles. The summed E-state index contributed by atoms with van der Waals surface area (Å²) in [7, 11) is 0. The van der Waals surface area contributed by atoms with Gasteiger partial charge >= 0.3 is 0 Å². The second-order valence-corrected chi connectivity index (χ2v) is 7.71. The Morgan fingerprint density at radius 2 is 2.09 bits per heavy atom. The van der Waals surface area contributed by atoms with Crippen molar-refractivity contribution in [3.05, 3.63) is 21.3 Å². The second-order valence-electron chi connectivity index (χ2n) is 5.99. The molecule has 0 radical (unpaired) electrons. The Hall–Kier alpha value is -0.620. The van der Waals surface area contributed by atoms with Crippen molar-refractivity contribution in [3.63, 3.8) is 0 Å². The fourth-order valence-electron chi connectivity index (χ4n) is 3.30. The van der Waals surface area contributed by atoms with Gasteiger partial charge < -0.3 is 9.64 Å². The Morgan fingerprint density at radius 3 is 2.82 bits per heavy atom. The van der Waals surface area contributed by atoms with Crippen LogP contribution in [-0.4, -0.2) is 61.1 Å². The normalized spacial score (nSPS) is 23.7. The summed E-state index contributed by atoms with van der Waals surface area (Å²) in [6.07, 6.45) is 4.52. The number of hydrogen-bond acceptors (Lipinski definition) is 4. The van der Waals surface area contributed by atoms with Crippen LogP contribution in [0.5, 0.6) is 0 Å². The molecule has 0 N–H and O–H groups in total. The number of piperidine rings is 1. The molecule has 1 amide bonds. The molecule has 0 unspecified atom stereocenters. The zero-order chi connectivity index (χ0) is 15.4. The van der Waals surface area contributed by atoms with Crippen molar-refractivity contribution in [1.29, 1.82) is 0 Å². The molecule has 0 aliphatic carbocycles. The second kappa shape index (κ2) is 7.77. The maximum absolute atomic E-state index is 12.7. The van der Waals surface area contributed by atoms with Crippen molar-refractivity contribution in [1.82, 2.24) is 9.80 Å². The molecule has 3 rings (SSSR count). The van der Waals surface area contributed by atoms with Crippen molar-refractivity contribution in [3.8, 4) is 0 Å². The highest BCUT2D eigenvalue weighted by molar-refractivity contribution is 7.17. The van der Waals surface area contributed by atoms with Crippen molar-refractivity contribution < 1.29 is 9.53 Å². The van der Waals surface area contributed by atoms with Crippen LogP contribution < -0.4 is 0 Å². The van der Waals surface area contributed by atoms with Crippen LogP contribution in [0.25, 0.3) is 0 Å². The molecule has 6 heteroatoms. The minimum Gasteiger partial charge on any atom is -0.379 e. The molecule has 22 heavy (non-hydrogen) atoms. The van der Waals surface area contributed by atoms with E-state index in [1.807, 2.05) is 12.1 Å². The van der Waals surface area contributed by atoms with E-state index in [4.69, 9.17) is 16.3 Å². The first-order valence-electron chi connectivity index (χ1n) is 8.10. The van der Waals surface area contributed by atoms with Crippen LogP contribution in [0.15, 0.2) is 12.1 Å². The third-order valence-corrected chi connectivity index (χ3v) is 5.77. The molecule has 0 saturated carbocycles. The van der Waals surface area contributed by atoms with E-state index in [0.717, 1.165) is 63.5 Å². The topological polar surface area (TPSA) is 32.8 Å². The summed E-state index contributed by atoms with van der Waals surface area (Å²) in [4.78, 5) is 18.0. The lowest BCUT2D eigenvalue weighted by atomic mass is 9.98. The van der Waals surface area contributed by atoms with Gasteiger partial charge in [0.05, 0.1) is 22.4 Å². The summed E-state index contributed by atoms with van der Waals surface area (Å²) in [6, 6.07) is 4.03. The summed E-state index contributed by atoms with van der Waals surface area (Å²) in [5, 5.41) is 0. The highest BCUT2D eigenvalue weighted by Gasteiger charge is 2.28. The molecule has 2 fully saturated rings. The quantitative estimate of drug-likeness (QED) is 0.842. The fourth-order valence-corrected chi connectivity index (χ4v) is 4.29. The highest BCUT2D eigenvalue weighted by atomic mass is 35.5. The molecule has 4 nitrogen and oxygen atoms in total. The predicted octanol–water partition coefficient (Wildman–Crippen LogP) is 3.12. The average molecular weight is 343 g/mol. The van der Waals surface area contributed by atoms with Crippen LogP contribution in [0.2, 0.25) is 4.34 Å². The van der Waals surface area contributed by atoms with Gasteiger partial charge in [-0.1, -0.05) is 11.6 Å². The maximum Gasteiger partial charge on any atom is 0.264 e. The zero-order valence-corrected chi connectivity index (χ0v) is 14.4. The number of thiophene rings is 1. The summed E-state index contributed by atoms with van der Waals surface area (Å²) in [6.45, 7) is 5.63. The first kappa shape index (κ1) is 16.2. The lowest BCUT2D eigenvalue weighted by Gasteiger charge is -2.37. The zero-order valence-electron chi connectivity index (χ0n) is 12.8. The molecule has 0 bridgehead atoms. The van der Waals surface area contributed by atoms with Crippen molar-refractivity contribution in [2.75, 3.05) is 39.4 Å². The first-order valence-corrected chi connectivity index (χ1v) is 9.30. The van der Waals surface area contributed by atoms with Crippen LogP contribution in [-0.2, 0) is 4.74 Å². The molecule has 1 atom stereocenters. The number of ether oxygens (including phenoxy) is 1. The molecule has 0 aromatic carbocycles. The predicted molar refractivity (Wildman–Crippen MR) is 89.9 cm³/mol. The van der Waals surface area contributed by atoms with E-state index in [1.54, 1.807) is 0 Å². The molecule has 2 aliphatic rings. The molecule has 2 saturated heterocycles. The molecular weight excluding hydrogens is 320 g/mol. The monoisotopic (exact) mass is 342 g/mol. The number of nitrogens with zero attached hydrogens (tertiary/aromatic N) is 2. The van der Waals surface area contributed by atoms with Gasteiger partial charge in [0.25, 0.3) is 5.91 Å². The van der Waals surface area contributed by atoms with Crippen molar-refractivity contribution in [2.24, 2.45) is 0 Å². The summed E-state index contributed by atoms with van der Waals surface area (Å²) in [5.74, 6) is 0.156. The van der Waals surface area contributed by atoms with Gasteiger partial charge in [0.15, 0.2) is 0 Å². The van der Waals surface area contributed by atoms with E-state index in [0.29, 0.717) is 10.4 Å². The third kappa shape index (κ3) is 4.02. The molecule has 122 valence electrons. The Bertz CT molecular complexity index is 502. The molecule has 3 heterocycles. The van der Waals surface area contributed by atoms with E-state index in [1.165, 1.54) is 17.8 Å². The van der Waals surface area contributed by atoms with Crippen molar-refractivity contribution in [2.45, 2.75) is 31.7 Å². The van der Waals surface area contributed by atoms with Gasteiger partial charge in [-0.2, -0.15) is 0 Å². The lowest BCUT2D eigenvalue weighted by molar-refractivity contribution is 0.0296. The Labute approximate surface area is 141 Å². The van der Waals surface area contributed by atoms with E-state index >= 15 is 0 Å². The van der Waals surface area contributed by atoms with Crippen LogP contribution in [0.4, 0.5) is 0 Å². The summed E-state index contributed by atoms with van der Waals surface area (Å²) in [5.41, 5.74) is 0. The minimum absolute atomic E-state index is 0.156. The van der Waals surface area contributed by atoms with Gasteiger partial charge in [0.2, 0.25) is 0 Å². The molecule has 1 aromatic rings. The van der Waals surface area contributed by atoms with Crippen LogP contribution in [0, 0.1) is 0 Å². The number of likely N-dealkylation sites (tertiary alicyclic amines) is 1. The number of carbonyl (C=O) groups is 1. The van der Waals surface area contributed by atoms with Gasteiger partial charge in [-0.25, -0.2) is 0 Å². The van der Waals surface area contributed by atoms with Gasteiger partial charge in [-0.3, -0.25) is 9.69 Å². The van der Waals surface area contributed by atoms with E-state index in [-0.39, 0.29) is 5.91 Å². The molecule has 0 spiro atoms. The summed E-state index contributed by atoms with van der Waals surface area (Å²) < 4.78 is 6.08. The number of halogens is 1. The number of morpholine rings is 1. The number of hydrogen-bond donors (Lipinski definition) is 0. The largest absolute Gasteiger partial charge is 0.379 e. The fraction of sp³-hybridized carbons (Fsp3) is 0.688. The van der Waals surface area contributed by atoms with Crippen LogP contribution >= 0.6 is 22.9 Å². The Balaban J connectivity index is 1.59. The molecule has 1 aromatic heterocycles. The van der Waals surface area contributed by atoms with Crippen LogP contribution in [0.1, 0.15) is 35.4 Å². The number of carbonyl (C=O) groups excluding carboxylic acids is 1. The molecular formula is C16H23ClN2O2S.